The number of fused-ring (bicyclic) bond motifs is 1. The van der Waals surface area contributed by atoms with Crippen molar-refractivity contribution in [2.75, 3.05) is 30.5 Å². The molecule has 0 aliphatic carbocycles. The second-order valence-electron chi connectivity index (χ2n) is 10.1. The summed E-state index contributed by atoms with van der Waals surface area (Å²) in [6.45, 7) is 0.393. The molecule has 2 N–H and O–H groups in total. The van der Waals surface area contributed by atoms with Gasteiger partial charge in [-0.3, -0.25) is 19.9 Å². The minimum absolute atomic E-state index is 0.194. The maximum Gasteiger partial charge on any atom is 0.418 e. The van der Waals surface area contributed by atoms with Gasteiger partial charge in [-0.15, -0.1) is 0 Å². The number of methoxy groups -OCH3 is 1. The first kappa shape index (κ1) is 35.0. The van der Waals surface area contributed by atoms with Crippen molar-refractivity contribution in [3.8, 4) is 0 Å². The van der Waals surface area contributed by atoms with Crippen LogP contribution in [0.15, 0.2) is 83.9 Å². The van der Waals surface area contributed by atoms with Crippen LogP contribution in [0.25, 0.3) is 0 Å². The van der Waals surface area contributed by atoms with Crippen LogP contribution in [-0.4, -0.2) is 61.9 Å². The van der Waals surface area contributed by atoms with Crippen molar-refractivity contribution in [3.63, 3.8) is 0 Å². The molecule has 10 nitrogen and oxygen atoms in total. The quantitative estimate of drug-likeness (QED) is 0.208. The Hall–Kier alpha value is -4.88. The van der Waals surface area contributed by atoms with Crippen molar-refractivity contribution in [1.82, 2.24) is 5.32 Å². The molecule has 3 amide bonds. The molecule has 4 rings (SSSR count). The van der Waals surface area contributed by atoms with Crippen molar-refractivity contribution in [2.45, 2.75) is 25.2 Å². The van der Waals surface area contributed by atoms with Crippen LogP contribution in [0, 0.1) is 0 Å². The Balaban J connectivity index is 1.65. The topological polar surface area (TPSA) is 126 Å². The number of halogens is 5. The zero-order valence-corrected chi connectivity index (χ0v) is 26.3. The largest absolute Gasteiger partial charge is 0.466 e. The first-order chi connectivity index (χ1) is 22.3. The molecule has 0 bridgehead atoms. The van der Waals surface area contributed by atoms with Crippen molar-refractivity contribution < 1.29 is 41.8 Å². The van der Waals surface area contributed by atoms with Crippen LogP contribution in [0.4, 0.5) is 29.3 Å². The van der Waals surface area contributed by atoms with E-state index in [-0.39, 0.29) is 10.7 Å². The average Bonchev–Trinajstić information content (AvgIpc) is 3.13. The van der Waals surface area contributed by atoms with Gasteiger partial charge in [0.05, 0.1) is 29.8 Å². The van der Waals surface area contributed by atoms with Gasteiger partial charge < -0.3 is 19.7 Å². The van der Waals surface area contributed by atoms with Crippen molar-refractivity contribution in [2.24, 2.45) is 4.99 Å². The van der Waals surface area contributed by atoms with Gasteiger partial charge in [0.15, 0.2) is 6.04 Å². The molecular weight excluding hydrogens is 664 g/mol. The van der Waals surface area contributed by atoms with Crippen LogP contribution < -0.4 is 15.5 Å². The number of anilines is 2. The fraction of sp³-hybridized carbons (Fsp3) is 0.219. The SMILES string of the molecule is COC(=O)/C=C/[C@H](C)NC(=O)CN1C(=O)[C@@H](COC(=O)Nc2ccc(Cl)cc2C(F)(F)F)N=C(c2ccccc2)c2cc(Cl)ccc21. The number of nitrogens with one attached hydrogen (secondary N) is 2. The summed E-state index contributed by atoms with van der Waals surface area (Å²) in [7, 11) is 1.21. The Morgan fingerprint density at radius 2 is 1.72 bits per heavy atom. The third kappa shape index (κ3) is 9.11. The number of benzodiazepines with no additional fused rings is 1. The molecule has 2 atom stereocenters. The molecule has 0 unspecified atom stereocenters. The van der Waals surface area contributed by atoms with Gasteiger partial charge in [-0.05, 0) is 43.3 Å². The molecule has 3 aromatic carbocycles. The number of carbonyl (C=O) groups is 4. The Bertz CT molecular complexity index is 1730. The predicted molar refractivity (Wildman–Crippen MR) is 170 cm³/mol. The minimum atomic E-state index is -4.83. The van der Waals surface area contributed by atoms with E-state index in [1.54, 1.807) is 43.3 Å². The Kier molecular flexibility index (Phi) is 11.3. The Labute approximate surface area is 277 Å². The fourth-order valence-electron chi connectivity index (χ4n) is 4.55. The van der Waals surface area contributed by atoms with Gasteiger partial charge in [0.2, 0.25) is 5.91 Å². The van der Waals surface area contributed by atoms with Gasteiger partial charge >= 0.3 is 18.2 Å². The van der Waals surface area contributed by atoms with Crippen LogP contribution in [0.1, 0.15) is 23.6 Å². The van der Waals surface area contributed by atoms with Gasteiger partial charge in [0, 0.05) is 33.3 Å². The van der Waals surface area contributed by atoms with E-state index in [0.717, 1.165) is 23.1 Å². The number of benzene rings is 3. The summed E-state index contributed by atoms with van der Waals surface area (Å²) < 4.78 is 50.4. The summed E-state index contributed by atoms with van der Waals surface area (Å²) in [6, 6.07) is 14.1. The third-order valence-electron chi connectivity index (χ3n) is 6.70. The van der Waals surface area contributed by atoms with E-state index < -0.39 is 66.5 Å². The average molecular weight is 691 g/mol. The first-order valence-electron chi connectivity index (χ1n) is 13.9. The minimum Gasteiger partial charge on any atom is -0.466 e. The van der Waals surface area contributed by atoms with Crippen LogP contribution in [0.5, 0.6) is 0 Å². The first-order valence-corrected chi connectivity index (χ1v) is 14.6. The molecule has 0 spiro atoms. The van der Waals surface area contributed by atoms with E-state index >= 15 is 0 Å². The lowest BCUT2D eigenvalue weighted by molar-refractivity contribution is -0.137. The highest BCUT2D eigenvalue weighted by molar-refractivity contribution is 6.32. The van der Waals surface area contributed by atoms with Crippen molar-refractivity contribution in [3.05, 3.63) is 106 Å². The summed E-state index contributed by atoms with van der Waals surface area (Å²) >= 11 is 12.1. The lowest BCUT2D eigenvalue weighted by atomic mass is 10.00. The van der Waals surface area contributed by atoms with Crippen molar-refractivity contribution >= 4 is 64.2 Å². The van der Waals surface area contributed by atoms with Gasteiger partial charge in [-0.25, -0.2) is 9.59 Å². The number of hydrogen-bond donors (Lipinski definition) is 2. The third-order valence-corrected chi connectivity index (χ3v) is 7.17. The zero-order valence-electron chi connectivity index (χ0n) is 24.8. The lowest BCUT2D eigenvalue weighted by Gasteiger charge is -2.25. The highest BCUT2D eigenvalue weighted by Crippen LogP contribution is 2.37. The number of rotatable bonds is 9. The smallest absolute Gasteiger partial charge is 0.418 e. The zero-order chi connectivity index (χ0) is 34.3. The Morgan fingerprint density at radius 3 is 2.40 bits per heavy atom. The molecule has 0 fully saturated rings. The van der Waals surface area contributed by atoms with E-state index in [9.17, 15) is 32.3 Å². The molecule has 0 radical (unpaired) electrons. The molecule has 3 aromatic rings. The Morgan fingerprint density at radius 1 is 1.04 bits per heavy atom. The normalized spacial score (nSPS) is 15.3. The van der Waals surface area contributed by atoms with Gasteiger partial charge in [0.25, 0.3) is 5.91 Å². The van der Waals surface area contributed by atoms with Crippen LogP contribution in [0.2, 0.25) is 10.0 Å². The number of hydrogen-bond acceptors (Lipinski definition) is 7. The maximum absolute atomic E-state index is 14.0. The second kappa shape index (κ2) is 15.1. The number of nitrogens with zero attached hydrogens (tertiary/aromatic N) is 2. The van der Waals surface area contributed by atoms with E-state index in [4.69, 9.17) is 27.9 Å². The van der Waals surface area contributed by atoms with E-state index in [1.807, 2.05) is 5.32 Å². The monoisotopic (exact) mass is 690 g/mol. The standard InChI is InChI=1S/C32H27Cl2F3N4O6/c1-18(8-13-28(43)46-2)38-27(42)16-41-26-12-10-20(33)14-22(26)29(19-6-4-3-5-7-19)39-25(30(41)44)17-47-31(45)40-24-11-9-21(34)15-23(24)32(35,36)37/h3-15,18,25H,16-17H2,1-2H3,(H,38,42)(H,40,45)/b13-8+/t18-,25+/m0/s1. The molecular formula is C32H27Cl2F3N4O6. The number of esters is 1. The highest BCUT2D eigenvalue weighted by atomic mass is 35.5. The van der Waals surface area contributed by atoms with E-state index in [1.165, 1.54) is 25.3 Å². The number of alkyl halides is 3. The number of ether oxygens (including phenoxy) is 2. The molecule has 15 heteroatoms. The molecule has 1 heterocycles. The summed E-state index contributed by atoms with van der Waals surface area (Å²) in [5, 5.41) is 4.81. The molecule has 0 aromatic heterocycles. The van der Waals surface area contributed by atoms with Crippen LogP contribution in [0.3, 0.4) is 0 Å². The van der Waals surface area contributed by atoms with E-state index in [0.29, 0.717) is 27.9 Å². The van der Waals surface area contributed by atoms with E-state index in [2.05, 4.69) is 15.0 Å². The lowest BCUT2D eigenvalue weighted by Crippen LogP contribution is -2.47. The summed E-state index contributed by atoms with van der Waals surface area (Å²) in [5.41, 5.74) is -0.272. The predicted octanol–water partition coefficient (Wildman–Crippen LogP) is 6.05. The summed E-state index contributed by atoms with van der Waals surface area (Å²) in [4.78, 5) is 57.0. The van der Waals surface area contributed by atoms with Gasteiger partial charge in [-0.1, -0.05) is 59.6 Å². The molecule has 246 valence electrons. The highest BCUT2D eigenvalue weighted by Gasteiger charge is 2.36. The summed E-state index contributed by atoms with van der Waals surface area (Å²) in [6.07, 6.45) is -3.58. The number of carbonyl (C=O) groups excluding carboxylic acids is 4. The van der Waals surface area contributed by atoms with Crippen molar-refractivity contribution in [1.29, 1.82) is 0 Å². The fourth-order valence-corrected chi connectivity index (χ4v) is 4.90. The van der Waals surface area contributed by atoms with Crippen LogP contribution in [-0.2, 0) is 30.0 Å². The molecule has 47 heavy (non-hydrogen) atoms. The molecule has 1 aliphatic heterocycles. The number of aliphatic imine (C=N–C) groups is 1. The molecule has 0 saturated heterocycles. The maximum atomic E-state index is 14.0. The van der Waals surface area contributed by atoms with Gasteiger partial charge in [-0.2, -0.15) is 13.2 Å². The molecule has 0 saturated carbocycles. The second-order valence-corrected chi connectivity index (χ2v) is 11.0. The molecule has 1 aliphatic rings. The number of amides is 3. The van der Waals surface area contributed by atoms with Gasteiger partial charge in [0.1, 0.15) is 13.2 Å². The summed E-state index contributed by atoms with van der Waals surface area (Å²) in [5.74, 6) is -1.98. The van der Waals surface area contributed by atoms with Crippen LogP contribution >= 0.6 is 23.2 Å².